The van der Waals surface area contributed by atoms with Crippen LogP contribution in [0.2, 0.25) is 0 Å². The first kappa shape index (κ1) is 12.2. The lowest BCUT2D eigenvalue weighted by Crippen LogP contribution is -2.24. The van der Waals surface area contributed by atoms with Crippen molar-refractivity contribution in [3.05, 3.63) is 34.9 Å². The van der Waals surface area contributed by atoms with E-state index in [1.165, 1.54) is 11.1 Å². The molecule has 0 saturated carbocycles. The summed E-state index contributed by atoms with van der Waals surface area (Å²) in [4.78, 5) is 0. The van der Waals surface area contributed by atoms with Crippen LogP contribution < -0.4 is 0 Å². The lowest BCUT2D eigenvalue weighted by atomic mass is 9.75. The molecule has 1 aliphatic heterocycles. The third kappa shape index (κ3) is 1.76. The van der Waals surface area contributed by atoms with Crippen LogP contribution in [0.4, 0.5) is 0 Å². The molecule has 1 heterocycles. The van der Waals surface area contributed by atoms with E-state index < -0.39 is 0 Å². The molecule has 0 unspecified atom stereocenters. The standard InChI is InChI=1S/C15H21NO/c1-6-14(2,3)11-9-7-8-10-12(11)15(4,5)17-13(10)16/h7-9,16H,6H2,1-5H3. The third-order valence-electron chi connectivity index (χ3n) is 3.88. The molecular formula is C15H21NO. The highest BCUT2D eigenvalue weighted by Gasteiger charge is 2.40. The van der Waals surface area contributed by atoms with Crippen molar-refractivity contribution in [2.24, 2.45) is 0 Å². The lowest BCUT2D eigenvalue weighted by Gasteiger charge is -2.30. The molecule has 2 rings (SSSR count). The number of ether oxygens (including phenoxy) is 1. The molecule has 2 nitrogen and oxygen atoms in total. The number of nitrogens with one attached hydrogen (secondary N) is 1. The Balaban J connectivity index is 2.70. The van der Waals surface area contributed by atoms with Gasteiger partial charge in [-0.3, -0.25) is 5.41 Å². The maximum absolute atomic E-state index is 7.92. The zero-order valence-corrected chi connectivity index (χ0v) is 11.3. The van der Waals surface area contributed by atoms with Gasteiger partial charge in [-0.25, -0.2) is 0 Å². The SMILES string of the molecule is CCC(C)(C)c1cccc2c1C(C)(C)OC2=N. The Hall–Kier alpha value is -1.31. The summed E-state index contributed by atoms with van der Waals surface area (Å²) in [7, 11) is 0. The monoisotopic (exact) mass is 231 g/mol. The maximum Gasteiger partial charge on any atom is 0.214 e. The van der Waals surface area contributed by atoms with Crippen LogP contribution in [-0.2, 0) is 15.8 Å². The second kappa shape index (κ2) is 3.59. The molecule has 0 spiro atoms. The maximum atomic E-state index is 7.92. The Labute approximate surface area is 104 Å². The van der Waals surface area contributed by atoms with E-state index in [0.717, 1.165) is 12.0 Å². The fraction of sp³-hybridized carbons (Fsp3) is 0.533. The van der Waals surface area contributed by atoms with Crippen LogP contribution in [0, 0.1) is 5.41 Å². The molecule has 2 heteroatoms. The van der Waals surface area contributed by atoms with Gasteiger partial charge >= 0.3 is 0 Å². The highest BCUT2D eigenvalue weighted by Crippen LogP contribution is 2.42. The van der Waals surface area contributed by atoms with Crippen LogP contribution in [-0.4, -0.2) is 5.90 Å². The zero-order valence-electron chi connectivity index (χ0n) is 11.3. The van der Waals surface area contributed by atoms with Gasteiger partial charge in [-0.2, -0.15) is 0 Å². The van der Waals surface area contributed by atoms with Crippen LogP contribution in [0.25, 0.3) is 0 Å². The molecule has 1 aromatic carbocycles. The molecule has 0 saturated heterocycles. The lowest BCUT2D eigenvalue weighted by molar-refractivity contribution is 0.108. The first-order valence-electron chi connectivity index (χ1n) is 6.21. The molecule has 0 fully saturated rings. The molecule has 17 heavy (non-hydrogen) atoms. The van der Waals surface area contributed by atoms with E-state index in [4.69, 9.17) is 10.1 Å². The van der Waals surface area contributed by atoms with Crippen molar-refractivity contribution in [1.29, 1.82) is 5.41 Å². The van der Waals surface area contributed by atoms with E-state index in [9.17, 15) is 0 Å². The van der Waals surface area contributed by atoms with Gasteiger partial charge in [0.2, 0.25) is 5.90 Å². The van der Waals surface area contributed by atoms with Gasteiger partial charge in [0.05, 0.1) is 0 Å². The molecule has 0 atom stereocenters. The second-order valence-corrected chi connectivity index (χ2v) is 5.91. The minimum absolute atomic E-state index is 0.122. The van der Waals surface area contributed by atoms with E-state index in [-0.39, 0.29) is 11.0 Å². The van der Waals surface area contributed by atoms with Crippen molar-refractivity contribution in [1.82, 2.24) is 0 Å². The van der Waals surface area contributed by atoms with Crippen molar-refractivity contribution in [3.63, 3.8) is 0 Å². The first-order valence-corrected chi connectivity index (χ1v) is 6.21. The van der Waals surface area contributed by atoms with Gasteiger partial charge in [-0.15, -0.1) is 0 Å². The fourth-order valence-corrected chi connectivity index (χ4v) is 2.51. The van der Waals surface area contributed by atoms with Gasteiger partial charge in [-0.1, -0.05) is 32.9 Å². The fourth-order valence-electron chi connectivity index (χ4n) is 2.51. The van der Waals surface area contributed by atoms with Gasteiger partial charge in [0.1, 0.15) is 5.60 Å². The Kier molecular flexibility index (Phi) is 2.57. The number of hydrogen-bond acceptors (Lipinski definition) is 2. The quantitative estimate of drug-likeness (QED) is 0.821. The van der Waals surface area contributed by atoms with Crippen molar-refractivity contribution >= 4 is 5.90 Å². The summed E-state index contributed by atoms with van der Waals surface area (Å²) in [5.41, 5.74) is 3.20. The molecular weight excluding hydrogens is 210 g/mol. The third-order valence-corrected chi connectivity index (χ3v) is 3.88. The van der Waals surface area contributed by atoms with E-state index in [0.29, 0.717) is 5.90 Å². The minimum atomic E-state index is -0.380. The summed E-state index contributed by atoms with van der Waals surface area (Å²) in [5.74, 6) is 0.304. The topological polar surface area (TPSA) is 33.1 Å². The van der Waals surface area contributed by atoms with E-state index >= 15 is 0 Å². The van der Waals surface area contributed by atoms with E-state index in [1.54, 1.807) is 0 Å². The zero-order chi connectivity index (χ0) is 12.8. The second-order valence-electron chi connectivity index (χ2n) is 5.91. The largest absolute Gasteiger partial charge is 0.467 e. The van der Waals surface area contributed by atoms with Crippen LogP contribution in [0.15, 0.2) is 18.2 Å². The van der Waals surface area contributed by atoms with Crippen LogP contribution in [0.1, 0.15) is 57.7 Å². The Morgan fingerprint density at radius 2 is 1.94 bits per heavy atom. The summed E-state index contributed by atoms with van der Waals surface area (Å²) in [6.07, 6.45) is 1.08. The van der Waals surface area contributed by atoms with Gasteiger partial charge in [0.15, 0.2) is 0 Å². The van der Waals surface area contributed by atoms with Crippen molar-refractivity contribution in [3.8, 4) is 0 Å². The average molecular weight is 231 g/mol. The Bertz CT molecular complexity index is 472. The predicted octanol–water partition coefficient (Wildman–Crippen LogP) is 3.96. The number of benzene rings is 1. The van der Waals surface area contributed by atoms with Crippen molar-refractivity contribution < 1.29 is 4.74 Å². The molecule has 1 N–H and O–H groups in total. The Morgan fingerprint density at radius 1 is 1.29 bits per heavy atom. The molecule has 1 aromatic rings. The summed E-state index contributed by atoms with van der Waals surface area (Å²) in [6.45, 7) is 10.8. The predicted molar refractivity (Wildman–Crippen MR) is 70.7 cm³/mol. The van der Waals surface area contributed by atoms with Crippen LogP contribution in [0.5, 0.6) is 0 Å². The van der Waals surface area contributed by atoms with Gasteiger partial charge in [-0.05, 0) is 37.3 Å². The molecule has 0 amide bonds. The normalized spacial score (nSPS) is 17.8. The molecule has 0 aliphatic carbocycles. The smallest absolute Gasteiger partial charge is 0.214 e. The summed E-state index contributed by atoms with van der Waals surface area (Å²) in [6, 6.07) is 6.19. The molecule has 1 aliphatic rings. The van der Waals surface area contributed by atoms with Crippen LogP contribution in [0.3, 0.4) is 0 Å². The van der Waals surface area contributed by atoms with Crippen molar-refractivity contribution in [2.75, 3.05) is 0 Å². The first-order chi connectivity index (χ1) is 7.79. The summed E-state index contributed by atoms with van der Waals surface area (Å²) in [5, 5.41) is 7.92. The van der Waals surface area contributed by atoms with Gasteiger partial charge < -0.3 is 4.74 Å². The van der Waals surface area contributed by atoms with Crippen LogP contribution >= 0.6 is 0 Å². The number of hydrogen-bond donors (Lipinski definition) is 1. The summed E-state index contributed by atoms with van der Waals surface area (Å²) >= 11 is 0. The average Bonchev–Trinajstić information content (AvgIpc) is 2.50. The molecule has 0 radical (unpaired) electrons. The molecule has 0 bridgehead atoms. The highest BCUT2D eigenvalue weighted by atomic mass is 16.5. The highest BCUT2D eigenvalue weighted by molar-refractivity contribution is 5.97. The summed E-state index contributed by atoms with van der Waals surface area (Å²) < 4.78 is 5.68. The Morgan fingerprint density at radius 3 is 2.53 bits per heavy atom. The molecule has 92 valence electrons. The van der Waals surface area contributed by atoms with Gasteiger partial charge in [0.25, 0.3) is 0 Å². The van der Waals surface area contributed by atoms with Crippen molar-refractivity contribution in [2.45, 2.75) is 52.1 Å². The van der Waals surface area contributed by atoms with E-state index in [1.807, 2.05) is 26.0 Å². The number of fused-ring (bicyclic) bond motifs is 1. The van der Waals surface area contributed by atoms with E-state index in [2.05, 4.69) is 26.8 Å². The van der Waals surface area contributed by atoms with Gasteiger partial charge in [0, 0.05) is 11.1 Å². The molecule has 0 aromatic heterocycles. The number of rotatable bonds is 2. The minimum Gasteiger partial charge on any atom is -0.467 e.